The van der Waals surface area contributed by atoms with E-state index >= 15 is 0 Å². The van der Waals surface area contributed by atoms with Gasteiger partial charge in [0.05, 0.1) is 11.8 Å². The van der Waals surface area contributed by atoms with Gasteiger partial charge in [0.15, 0.2) is 0 Å². The van der Waals surface area contributed by atoms with Crippen LogP contribution in [0.2, 0.25) is 0 Å². The molecule has 0 bridgehead atoms. The fourth-order valence-electron chi connectivity index (χ4n) is 3.39. The maximum atomic E-state index is 12.3. The molecule has 2 unspecified atom stereocenters. The van der Waals surface area contributed by atoms with Crippen LogP contribution in [0.4, 0.5) is 0 Å². The molecule has 1 saturated carbocycles. The highest BCUT2D eigenvalue weighted by Crippen LogP contribution is 2.38. The monoisotopic (exact) mass is 362 g/mol. The Labute approximate surface area is 157 Å². The number of hydrogen-bond acceptors (Lipinski definition) is 3. The van der Waals surface area contributed by atoms with E-state index in [0.29, 0.717) is 19.5 Å². The molecule has 6 heteroatoms. The number of benzene rings is 1. The lowest BCUT2D eigenvalue weighted by molar-refractivity contribution is -0.127. The zero-order valence-corrected chi connectivity index (χ0v) is 14.9. The van der Waals surface area contributed by atoms with Gasteiger partial charge in [-0.3, -0.25) is 14.6 Å². The van der Waals surface area contributed by atoms with Gasteiger partial charge in [0.1, 0.15) is 0 Å². The Kier molecular flexibility index (Phi) is 4.87. The topological polar surface area (TPSA) is 86.9 Å². The summed E-state index contributed by atoms with van der Waals surface area (Å²) in [4.78, 5) is 31.7. The quantitative estimate of drug-likeness (QED) is 0.602. The molecule has 2 aromatic heterocycles. The summed E-state index contributed by atoms with van der Waals surface area (Å²) in [7, 11) is 0. The van der Waals surface area contributed by atoms with Gasteiger partial charge in [-0.2, -0.15) is 0 Å². The van der Waals surface area contributed by atoms with E-state index in [4.69, 9.17) is 0 Å². The minimum absolute atomic E-state index is 0.0288. The Hall–Kier alpha value is -3.15. The number of aromatic amines is 1. The van der Waals surface area contributed by atoms with Gasteiger partial charge in [0.25, 0.3) is 0 Å². The third kappa shape index (κ3) is 4.00. The molecule has 1 aliphatic rings. The first kappa shape index (κ1) is 17.3. The summed E-state index contributed by atoms with van der Waals surface area (Å²) in [6.07, 6.45) is 6.77. The third-order valence-corrected chi connectivity index (χ3v) is 5.05. The lowest BCUT2D eigenvalue weighted by Gasteiger charge is -2.06. The molecular formula is C21H22N4O2. The molecule has 1 aromatic carbocycles. The van der Waals surface area contributed by atoms with E-state index < -0.39 is 0 Å². The lowest BCUT2D eigenvalue weighted by Crippen LogP contribution is -2.31. The van der Waals surface area contributed by atoms with Gasteiger partial charge < -0.3 is 15.6 Å². The summed E-state index contributed by atoms with van der Waals surface area (Å²) in [5, 5.41) is 7.05. The molecule has 1 fully saturated rings. The Morgan fingerprint density at radius 1 is 1.04 bits per heavy atom. The number of para-hydroxylation sites is 1. The van der Waals surface area contributed by atoms with Crippen molar-refractivity contribution in [1.29, 1.82) is 0 Å². The molecule has 4 rings (SSSR count). The number of rotatable bonds is 7. The molecule has 2 amide bonds. The molecule has 3 N–H and O–H groups in total. The zero-order chi connectivity index (χ0) is 18.6. The van der Waals surface area contributed by atoms with Crippen LogP contribution in [0, 0.1) is 11.8 Å². The summed E-state index contributed by atoms with van der Waals surface area (Å²) < 4.78 is 0. The number of amides is 2. The van der Waals surface area contributed by atoms with Crippen molar-refractivity contribution in [3.8, 4) is 0 Å². The number of pyridine rings is 1. The molecule has 0 aliphatic heterocycles. The van der Waals surface area contributed by atoms with Crippen LogP contribution in [0.3, 0.4) is 0 Å². The summed E-state index contributed by atoms with van der Waals surface area (Å²) in [6.45, 7) is 1.04. The molecule has 6 nitrogen and oxygen atoms in total. The Bertz CT molecular complexity index is 951. The van der Waals surface area contributed by atoms with Crippen molar-refractivity contribution in [2.24, 2.45) is 11.8 Å². The summed E-state index contributed by atoms with van der Waals surface area (Å²) in [6, 6.07) is 11.9. The van der Waals surface area contributed by atoms with E-state index in [2.05, 4.69) is 26.7 Å². The van der Waals surface area contributed by atoms with Crippen LogP contribution in [0.15, 0.2) is 55.0 Å². The van der Waals surface area contributed by atoms with Crippen molar-refractivity contribution in [3.63, 3.8) is 0 Å². The number of carbonyl (C=O) groups is 2. The lowest BCUT2D eigenvalue weighted by atomic mass is 10.1. The molecular weight excluding hydrogens is 340 g/mol. The van der Waals surface area contributed by atoms with E-state index in [1.807, 2.05) is 36.5 Å². The fourth-order valence-corrected chi connectivity index (χ4v) is 3.39. The number of hydrogen-bond donors (Lipinski definition) is 3. The smallest absolute Gasteiger partial charge is 0.224 e. The van der Waals surface area contributed by atoms with E-state index in [0.717, 1.165) is 17.5 Å². The van der Waals surface area contributed by atoms with Crippen LogP contribution in [-0.2, 0) is 22.6 Å². The van der Waals surface area contributed by atoms with Crippen LogP contribution >= 0.6 is 0 Å². The van der Waals surface area contributed by atoms with Crippen molar-refractivity contribution in [2.75, 3.05) is 6.54 Å². The second-order valence-corrected chi connectivity index (χ2v) is 6.92. The number of fused-ring (bicyclic) bond motifs is 1. The second kappa shape index (κ2) is 7.61. The number of H-pyrrole nitrogens is 1. The van der Waals surface area contributed by atoms with Gasteiger partial charge in [0, 0.05) is 42.6 Å². The summed E-state index contributed by atoms with van der Waals surface area (Å²) in [5.74, 6) is -0.493. The van der Waals surface area contributed by atoms with Gasteiger partial charge in [-0.1, -0.05) is 18.2 Å². The predicted octanol–water partition coefficient (Wildman–Crippen LogP) is 2.17. The Morgan fingerprint density at radius 2 is 1.78 bits per heavy atom. The average Bonchev–Trinajstić information content (AvgIpc) is 3.42. The molecule has 138 valence electrons. The van der Waals surface area contributed by atoms with E-state index in [1.165, 1.54) is 10.9 Å². The molecule has 27 heavy (non-hydrogen) atoms. The second-order valence-electron chi connectivity index (χ2n) is 6.92. The summed E-state index contributed by atoms with van der Waals surface area (Å²) in [5.41, 5.74) is 3.29. The predicted molar refractivity (Wildman–Crippen MR) is 103 cm³/mol. The molecule has 1 aliphatic carbocycles. The first-order valence-corrected chi connectivity index (χ1v) is 9.21. The SMILES string of the molecule is O=C(NCCc1c[nH]c2ccccc12)C1CC1C(=O)NCc1ccncc1. The molecule has 2 heterocycles. The van der Waals surface area contributed by atoms with E-state index in [9.17, 15) is 9.59 Å². The molecule has 0 spiro atoms. The first-order valence-electron chi connectivity index (χ1n) is 9.21. The average molecular weight is 362 g/mol. The van der Waals surface area contributed by atoms with Gasteiger partial charge in [-0.05, 0) is 42.2 Å². The van der Waals surface area contributed by atoms with Crippen molar-refractivity contribution >= 4 is 22.7 Å². The standard InChI is InChI=1S/C21H22N4O2/c26-20(23-10-7-15-13-24-19-4-2-1-3-16(15)19)17-11-18(17)21(27)25-12-14-5-8-22-9-6-14/h1-6,8-9,13,17-18,24H,7,10-12H2,(H,23,26)(H,25,27). The number of nitrogens with one attached hydrogen (secondary N) is 3. The van der Waals surface area contributed by atoms with E-state index in [1.54, 1.807) is 12.4 Å². The minimum Gasteiger partial charge on any atom is -0.361 e. The van der Waals surface area contributed by atoms with Crippen molar-refractivity contribution < 1.29 is 9.59 Å². The maximum Gasteiger partial charge on any atom is 0.224 e. The fraction of sp³-hybridized carbons (Fsp3) is 0.286. The summed E-state index contributed by atoms with van der Waals surface area (Å²) >= 11 is 0. The van der Waals surface area contributed by atoms with Crippen LogP contribution in [0.5, 0.6) is 0 Å². The minimum atomic E-state index is -0.208. The molecule has 3 aromatic rings. The Balaban J connectivity index is 1.21. The van der Waals surface area contributed by atoms with Gasteiger partial charge in [0.2, 0.25) is 11.8 Å². The normalized spacial score (nSPS) is 18.2. The van der Waals surface area contributed by atoms with Crippen LogP contribution in [0.1, 0.15) is 17.5 Å². The largest absolute Gasteiger partial charge is 0.361 e. The number of aromatic nitrogens is 2. The van der Waals surface area contributed by atoms with Crippen LogP contribution in [-0.4, -0.2) is 28.3 Å². The third-order valence-electron chi connectivity index (χ3n) is 5.05. The highest BCUT2D eigenvalue weighted by atomic mass is 16.2. The van der Waals surface area contributed by atoms with Crippen LogP contribution < -0.4 is 10.6 Å². The zero-order valence-electron chi connectivity index (χ0n) is 14.9. The van der Waals surface area contributed by atoms with Gasteiger partial charge in [-0.25, -0.2) is 0 Å². The van der Waals surface area contributed by atoms with Crippen LogP contribution in [0.25, 0.3) is 10.9 Å². The number of nitrogens with zero attached hydrogens (tertiary/aromatic N) is 1. The first-order chi connectivity index (χ1) is 13.2. The number of carbonyl (C=O) groups excluding carboxylic acids is 2. The molecule has 0 radical (unpaired) electrons. The van der Waals surface area contributed by atoms with Gasteiger partial charge in [-0.15, -0.1) is 0 Å². The van der Waals surface area contributed by atoms with Gasteiger partial charge >= 0.3 is 0 Å². The van der Waals surface area contributed by atoms with Crippen molar-refractivity contribution in [2.45, 2.75) is 19.4 Å². The molecule has 2 atom stereocenters. The van der Waals surface area contributed by atoms with Crippen molar-refractivity contribution in [3.05, 3.63) is 66.1 Å². The van der Waals surface area contributed by atoms with E-state index in [-0.39, 0.29) is 23.7 Å². The van der Waals surface area contributed by atoms with Crippen molar-refractivity contribution in [1.82, 2.24) is 20.6 Å². The highest BCUT2D eigenvalue weighted by Gasteiger charge is 2.47. The maximum absolute atomic E-state index is 12.3. The molecule has 0 saturated heterocycles. The Morgan fingerprint density at radius 3 is 2.59 bits per heavy atom. The highest BCUT2D eigenvalue weighted by molar-refractivity contribution is 5.92.